The highest BCUT2D eigenvalue weighted by Gasteiger charge is 2.16. The Morgan fingerprint density at radius 2 is 1.04 bits per heavy atom. The van der Waals surface area contributed by atoms with Crippen molar-refractivity contribution in [2.45, 2.75) is 0 Å². The van der Waals surface area contributed by atoms with Crippen LogP contribution < -0.4 is 4.57 Å². The fraction of sp³-hybridized carbons (Fsp3) is 0. The third-order valence-electron chi connectivity index (χ3n) is 4.69. The monoisotopic (exact) mass is 306 g/mol. The Morgan fingerprint density at radius 3 is 1.71 bits per heavy atom. The van der Waals surface area contributed by atoms with E-state index in [0.717, 1.165) is 0 Å². The molecule has 0 N–H and O–H groups in total. The number of hydrogen-bond donors (Lipinski definition) is 0. The normalized spacial score (nSPS) is 11.3. The second-order valence-electron chi connectivity index (χ2n) is 6.15. The summed E-state index contributed by atoms with van der Waals surface area (Å²) in [6.45, 7) is 0. The van der Waals surface area contributed by atoms with E-state index in [0.29, 0.717) is 0 Å². The summed E-state index contributed by atoms with van der Waals surface area (Å²) in [6, 6.07) is 30.2. The van der Waals surface area contributed by atoms with Crippen LogP contribution in [-0.4, -0.2) is 0 Å². The Labute approximate surface area is 140 Å². The first-order valence-electron chi connectivity index (χ1n) is 8.21. The molecule has 0 atom stereocenters. The maximum Gasteiger partial charge on any atom is 0.226 e. The van der Waals surface area contributed by atoms with Gasteiger partial charge in [0.05, 0.1) is 10.8 Å². The number of pyridine rings is 1. The van der Waals surface area contributed by atoms with Gasteiger partial charge in [0.1, 0.15) is 0 Å². The van der Waals surface area contributed by atoms with Crippen molar-refractivity contribution < 1.29 is 4.57 Å². The van der Waals surface area contributed by atoms with Crippen LogP contribution in [0.5, 0.6) is 0 Å². The molecule has 0 amide bonds. The van der Waals surface area contributed by atoms with Gasteiger partial charge in [0.2, 0.25) is 5.69 Å². The number of nitrogens with zero attached hydrogens (tertiary/aromatic N) is 1. The molecule has 0 spiro atoms. The number of benzene rings is 4. The molecular weight excluding hydrogens is 290 g/mol. The van der Waals surface area contributed by atoms with E-state index in [9.17, 15) is 0 Å². The molecule has 0 bridgehead atoms. The fourth-order valence-corrected chi connectivity index (χ4v) is 3.54. The first-order chi connectivity index (χ1) is 11.9. The van der Waals surface area contributed by atoms with Crippen LogP contribution in [-0.2, 0) is 0 Å². The molecule has 24 heavy (non-hydrogen) atoms. The summed E-state index contributed by atoms with van der Waals surface area (Å²) in [5.41, 5.74) is 1.24. The first-order valence-corrected chi connectivity index (χ1v) is 8.21. The molecule has 0 radical (unpaired) electrons. The molecule has 1 aromatic heterocycles. The van der Waals surface area contributed by atoms with E-state index in [4.69, 9.17) is 0 Å². The van der Waals surface area contributed by atoms with Gasteiger partial charge in [0.15, 0.2) is 12.4 Å². The summed E-state index contributed by atoms with van der Waals surface area (Å²) in [5.74, 6) is 0. The van der Waals surface area contributed by atoms with E-state index < -0.39 is 0 Å². The Kier molecular flexibility index (Phi) is 2.86. The number of fused-ring (bicyclic) bond motifs is 3. The summed E-state index contributed by atoms with van der Waals surface area (Å²) in [7, 11) is 0. The lowest BCUT2D eigenvalue weighted by Gasteiger charge is -2.07. The second-order valence-corrected chi connectivity index (χ2v) is 6.15. The van der Waals surface area contributed by atoms with E-state index in [1.54, 1.807) is 0 Å². The zero-order chi connectivity index (χ0) is 15.9. The molecule has 5 rings (SSSR count). The lowest BCUT2D eigenvalue weighted by Crippen LogP contribution is -2.30. The van der Waals surface area contributed by atoms with Gasteiger partial charge in [-0.25, -0.2) is 0 Å². The van der Waals surface area contributed by atoms with Gasteiger partial charge in [0, 0.05) is 11.5 Å². The lowest BCUT2D eigenvalue weighted by molar-refractivity contribution is -0.591. The smallest absolute Gasteiger partial charge is 0.165 e. The third kappa shape index (κ3) is 1.99. The Bertz CT molecular complexity index is 1150. The average Bonchev–Trinajstić information content (AvgIpc) is 2.65. The molecule has 0 aliphatic rings. The van der Waals surface area contributed by atoms with E-state index in [1.165, 1.54) is 38.0 Å². The quantitative estimate of drug-likeness (QED) is 0.287. The predicted octanol–water partition coefficient (Wildman–Crippen LogP) is 5.42. The largest absolute Gasteiger partial charge is 0.226 e. The molecule has 112 valence electrons. The van der Waals surface area contributed by atoms with Gasteiger partial charge in [-0.3, -0.25) is 0 Å². The zero-order valence-corrected chi connectivity index (χ0v) is 13.2. The minimum absolute atomic E-state index is 1.24. The highest BCUT2D eigenvalue weighted by molar-refractivity contribution is 6.05. The standard InChI is InChI=1S/C23H16N/c1-2-10-20-16-24(14-13-17(20)7-1)23-21-11-5-3-8-18(21)15-19-9-4-6-12-22(19)23/h1-16H/q+1. The summed E-state index contributed by atoms with van der Waals surface area (Å²) in [6.07, 6.45) is 4.39. The molecule has 1 heteroatoms. The minimum Gasteiger partial charge on any atom is -0.165 e. The van der Waals surface area contributed by atoms with Crippen molar-refractivity contribution >= 4 is 32.3 Å². The molecule has 0 aliphatic carbocycles. The molecule has 1 heterocycles. The van der Waals surface area contributed by atoms with E-state index in [-0.39, 0.29) is 0 Å². The zero-order valence-electron chi connectivity index (χ0n) is 13.2. The van der Waals surface area contributed by atoms with Crippen LogP contribution in [0.15, 0.2) is 97.3 Å². The maximum atomic E-state index is 2.27. The Balaban J connectivity index is 1.94. The molecule has 5 aromatic rings. The number of rotatable bonds is 1. The highest BCUT2D eigenvalue weighted by Crippen LogP contribution is 2.28. The molecule has 0 saturated heterocycles. The molecule has 1 nitrogen and oxygen atoms in total. The van der Waals surface area contributed by atoms with Gasteiger partial charge in [-0.1, -0.05) is 54.6 Å². The summed E-state index contributed by atoms with van der Waals surface area (Å²) >= 11 is 0. The number of hydrogen-bond acceptors (Lipinski definition) is 0. The van der Waals surface area contributed by atoms with Crippen molar-refractivity contribution in [2.24, 2.45) is 0 Å². The van der Waals surface area contributed by atoms with Gasteiger partial charge in [-0.15, -0.1) is 0 Å². The summed E-state index contributed by atoms with van der Waals surface area (Å²) < 4.78 is 2.26. The van der Waals surface area contributed by atoms with Gasteiger partial charge >= 0.3 is 0 Å². The maximum absolute atomic E-state index is 2.27. The first kappa shape index (κ1) is 13.3. The van der Waals surface area contributed by atoms with Gasteiger partial charge < -0.3 is 0 Å². The summed E-state index contributed by atoms with van der Waals surface area (Å²) in [5, 5.41) is 7.60. The Hall–Kier alpha value is -3.19. The SMILES string of the molecule is c1ccc2c[n+](-c3c4ccccc4cc4ccccc34)ccc2c1. The van der Waals surface area contributed by atoms with Crippen LogP contribution in [0.2, 0.25) is 0 Å². The van der Waals surface area contributed by atoms with Crippen molar-refractivity contribution in [3.05, 3.63) is 97.3 Å². The van der Waals surface area contributed by atoms with E-state index in [1.807, 2.05) is 0 Å². The molecular formula is C23H16N+. The topological polar surface area (TPSA) is 3.88 Å². The predicted molar refractivity (Wildman–Crippen MR) is 100 cm³/mol. The van der Waals surface area contributed by atoms with Crippen molar-refractivity contribution in [1.29, 1.82) is 0 Å². The van der Waals surface area contributed by atoms with Crippen molar-refractivity contribution in [3.63, 3.8) is 0 Å². The van der Waals surface area contributed by atoms with Gasteiger partial charge in [-0.2, -0.15) is 4.57 Å². The van der Waals surface area contributed by atoms with Crippen LogP contribution in [0.4, 0.5) is 0 Å². The molecule has 4 aromatic carbocycles. The van der Waals surface area contributed by atoms with Crippen LogP contribution in [0, 0.1) is 0 Å². The molecule has 0 saturated carbocycles. The Morgan fingerprint density at radius 1 is 0.500 bits per heavy atom. The van der Waals surface area contributed by atoms with Gasteiger partial charge in [0.25, 0.3) is 0 Å². The third-order valence-corrected chi connectivity index (χ3v) is 4.69. The minimum atomic E-state index is 1.24. The van der Waals surface area contributed by atoms with E-state index >= 15 is 0 Å². The molecule has 0 fully saturated rings. The van der Waals surface area contributed by atoms with Crippen molar-refractivity contribution in [1.82, 2.24) is 0 Å². The van der Waals surface area contributed by atoms with Crippen molar-refractivity contribution in [2.75, 3.05) is 0 Å². The summed E-state index contributed by atoms with van der Waals surface area (Å²) in [4.78, 5) is 0. The molecule has 0 unspecified atom stereocenters. The van der Waals surface area contributed by atoms with Gasteiger partial charge in [-0.05, 0) is 40.4 Å². The number of aromatic nitrogens is 1. The fourth-order valence-electron chi connectivity index (χ4n) is 3.54. The van der Waals surface area contributed by atoms with Crippen LogP contribution >= 0.6 is 0 Å². The lowest BCUT2D eigenvalue weighted by atomic mass is 10.0. The van der Waals surface area contributed by atoms with E-state index in [2.05, 4.69) is 102 Å². The average molecular weight is 306 g/mol. The highest BCUT2D eigenvalue weighted by atomic mass is 14.9. The van der Waals surface area contributed by atoms with Crippen LogP contribution in [0.1, 0.15) is 0 Å². The van der Waals surface area contributed by atoms with Crippen LogP contribution in [0.25, 0.3) is 38.0 Å². The second kappa shape index (κ2) is 5.17. The van der Waals surface area contributed by atoms with Crippen molar-refractivity contribution in [3.8, 4) is 5.69 Å². The van der Waals surface area contributed by atoms with Crippen LogP contribution in [0.3, 0.4) is 0 Å². The molecule has 0 aliphatic heterocycles.